The molecule has 152 valence electrons. The molecule has 6 nitrogen and oxygen atoms in total. The van der Waals surface area contributed by atoms with Gasteiger partial charge < -0.3 is 30.3 Å². The first-order valence-electron chi connectivity index (χ1n) is 8.79. The van der Waals surface area contributed by atoms with Gasteiger partial charge in [-0.1, -0.05) is 47.5 Å². The molecule has 6 atom stereocenters. The average Bonchev–Trinajstić information content (AvgIpc) is 2.93. The van der Waals surface area contributed by atoms with E-state index in [0.29, 0.717) is 21.2 Å². The van der Waals surface area contributed by atoms with Gasteiger partial charge in [-0.25, -0.2) is 0 Å². The molecule has 2 unspecified atom stereocenters. The maximum absolute atomic E-state index is 11.4. The number of hydrogen-bond donors (Lipinski definition) is 5. The van der Waals surface area contributed by atoms with E-state index in [1.165, 1.54) is 0 Å². The number of halogens is 2. The largest absolute Gasteiger partial charge is 0.390 e. The lowest BCUT2D eigenvalue weighted by Gasteiger charge is -2.39. The third-order valence-corrected chi connectivity index (χ3v) is 5.55. The molecule has 0 aromatic heterocycles. The molecule has 28 heavy (non-hydrogen) atoms. The van der Waals surface area contributed by atoms with Gasteiger partial charge >= 0.3 is 0 Å². The maximum atomic E-state index is 11.4. The molecule has 0 aliphatic carbocycles. The van der Waals surface area contributed by atoms with E-state index in [1.807, 2.05) is 0 Å². The fourth-order valence-electron chi connectivity index (χ4n) is 3.43. The molecule has 1 aliphatic rings. The van der Waals surface area contributed by atoms with Crippen molar-refractivity contribution in [3.63, 3.8) is 0 Å². The summed E-state index contributed by atoms with van der Waals surface area (Å²) in [5.41, 5.74) is -0.653. The smallest absolute Gasteiger partial charge is 0.184 e. The fourth-order valence-corrected chi connectivity index (χ4v) is 3.68. The van der Waals surface area contributed by atoms with Gasteiger partial charge in [-0.15, -0.1) is 0 Å². The number of ether oxygens (including phenoxy) is 1. The molecule has 2 aromatic rings. The van der Waals surface area contributed by atoms with Crippen LogP contribution in [-0.2, 0) is 17.6 Å². The summed E-state index contributed by atoms with van der Waals surface area (Å²) in [5.74, 6) is 0. The predicted molar refractivity (Wildman–Crippen MR) is 104 cm³/mol. The third-order valence-electron chi connectivity index (χ3n) is 5.05. The first kappa shape index (κ1) is 21.5. The molecule has 1 heterocycles. The first-order chi connectivity index (χ1) is 13.2. The number of aliphatic hydroxyl groups is 5. The normalized spacial score (nSPS) is 28.1. The van der Waals surface area contributed by atoms with E-state index < -0.39 is 36.3 Å². The second-order valence-electron chi connectivity index (χ2n) is 7.07. The second-order valence-corrected chi connectivity index (χ2v) is 7.94. The lowest BCUT2D eigenvalue weighted by Crippen LogP contribution is -2.58. The molecular weight excluding hydrogens is 407 g/mol. The summed E-state index contributed by atoms with van der Waals surface area (Å²) in [6, 6.07) is 13.4. The number of rotatable bonds is 6. The van der Waals surface area contributed by atoms with Crippen LogP contribution in [0, 0.1) is 0 Å². The van der Waals surface area contributed by atoms with Crippen LogP contribution in [0.3, 0.4) is 0 Å². The predicted octanol–water partition coefficient (Wildman–Crippen LogP) is 1.31. The molecule has 0 spiro atoms. The van der Waals surface area contributed by atoms with Crippen LogP contribution in [0.4, 0.5) is 0 Å². The highest BCUT2D eigenvalue weighted by molar-refractivity contribution is 6.30. The molecule has 0 saturated carbocycles. The van der Waals surface area contributed by atoms with Gasteiger partial charge in [0.1, 0.15) is 23.9 Å². The average molecular weight is 429 g/mol. The Morgan fingerprint density at radius 1 is 0.857 bits per heavy atom. The van der Waals surface area contributed by atoms with Crippen LogP contribution < -0.4 is 0 Å². The molecule has 2 aromatic carbocycles. The summed E-state index contributed by atoms with van der Waals surface area (Å²) >= 11 is 11.8. The minimum absolute atomic E-state index is 0.0417. The minimum atomic E-state index is -1.99. The van der Waals surface area contributed by atoms with Crippen LogP contribution in [0.25, 0.3) is 0 Å². The summed E-state index contributed by atoms with van der Waals surface area (Å²) in [6.45, 7) is 0. The van der Waals surface area contributed by atoms with E-state index in [0.717, 1.165) is 0 Å². The van der Waals surface area contributed by atoms with E-state index >= 15 is 0 Å². The fraction of sp³-hybridized carbons (Fsp3) is 0.400. The molecule has 1 aliphatic heterocycles. The van der Waals surface area contributed by atoms with Gasteiger partial charge in [-0.2, -0.15) is 0 Å². The first-order valence-corrected chi connectivity index (χ1v) is 9.55. The molecule has 8 heteroatoms. The lowest BCUT2D eigenvalue weighted by molar-refractivity contribution is -0.204. The standard InChI is InChI=1S/C20H22Cl2O6/c21-13-5-1-11(2-6-13)9-15(23)20(27,10-12-3-7-14(22)8-4-12)18-16(24)17(25)19(26)28-18/h1-8,15-19,23-27H,9-10H2/t15?,16-,17-,18+,19?,20-/m1/s1. The molecule has 1 saturated heterocycles. The Hall–Kier alpha value is -1.22. The molecule has 0 radical (unpaired) electrons. The summed E-state index contributed by atoms with van der Waals surface area (Å²) in [4.78, 5) is 0. The Kier molecular flexibility index (Phi) is 6.64. The van der Waals surface area contributed by atoms with Gasteiger partial charge in [0.2, 0.25) is 0 Å². The molecular formula is C20H22Cl2O6. The van der Waals surface area contributed by atoms with Crippen molar-refractivity contribution in [1.29, 1.82) is 0 Å². The van der Waals surface area contributed by atoms with Crippen molar-refractivity contribution in [3.05, 3.63) is 69.7 Å². The zero-order valence-electron chi connectivity index (χ0n) is 14.8. The van der Waals surface area contributed by atoms with Crippen LogP contribution in [0.2, 0.25) is 10.0 Å². The minimum Gasteiger partial charge on any atom is -0.390 e. The monoisotopic (exact) mass is 428 g/mol. The van der Waals surface area contributed by atoms with Crippen molar-refractivity contribution in [2.75, 3.05) is 0 Å². The highest BCUT2D eigenvalue weighted by atomic mass is 35.5. The van der Waals surface area contributed by atoms with Gasteiger partial charge in [0.25, 0.3) is 0 Å². The van der Waals surface area contributed by atoms with Crippen LogP contribution >= 0.6 is 23.2 Å². The van der Waals surface area contributed by atoms with Crippen LogP contribution in [-0.4, -0.2) is 61.8 Å². The van der Waals surface area contributed by atoms with E-state index in [2.05, 4.69) is 0 Å². The summed E-state index contributed by atoms with van der Waals surface area (Å²) < 4.78 is 5.22. The lowest BCUT2D eigenvalue weighted by atomic mass is 9.79. The third kappa shape index (κ3) is 4.50. The van der Waals surface area contributed by atoms with Gasteiger partial charge in [0, 0.05) is 22.9 Å². The Bertz CT molecular complexity index is 784. The molecule has 0 bridgehead atoms. The number of aliphatic hydroxyl groups excluding tert-OH is 4. The van der Waals surface area contributed by atoms with Crippen molar-refractivity contribution in [2.24, 2.45) is 0 Å². The maximum Gasteiger partial charge on any atom is 0.184 e. The van der Waals surface area contributed by atoms with Crippen LogP contribution in [0.15, 0.2) is 48.5 Å². The van der Waals surface area contributed by atoms with Crippen LogP contribution in [0.5, 0.6) is 0 Å². The van der Waals surface area contributed by atoms with Crippen molar-refractivity contribution in [2.45, 2.75) is 49.1 Å². The summed E-state index contributed by atoms with van der Waals surface area (Å²) in [7, 11) is 0. The Labute approximate surface area is 172 Å². The highest BCUT2D eigenvalue weighted by Gasteiger charge is 2.55. The quantitative estimate of drug-likeness (QED) is 0.474. The summed E-state index contributed by atoms with van der Waals surface area (Å²) in [6.07, 6.45) is -7.67. The van der Waals surface area contributed by atoms with E-state index in [4.69, 9.17) is 27.9 Å². The SMILES string of the molecule is OC1O[C@H]([C@@](O)(Cc2ccc(Cl)cc2)C(O)Cc2ccc(Cl)cc2)[C@H](O)[C@H]1O. The highest BCUT2D eigenvalue weighted by Crippen LogP contribution is 2.34. The van der Waals surface area contributed by atoms with Crippen LogP contribution in [0.1, 0.15) is 11.1 Å². The molecule has 0 amide bonds. The Balaban J connectivity index is 1.90. The Morgan fingerprint density at radius 2 is 1.36 bits per heavy atom. The van der Waals surface area contributed by atoms with Crippen molar-refractivity contribution >= 4 is 23.2 Å². The van der Waals surface area contributed by atoms with E-state index in [9.17, 15) is 25.5 Å². The second kappa shape index (κ2) is 8.65. The Morgan fingerprint density at radius 3 is 1.82 bits per heavy atom. The molecule has 1 fully saturated rings. The number of benzene rings is 2. The van der Waals surface area contributed by atoms with E-state index in [1.54, 1.807) is 48.5 Å². The summed E-state index contributed by atoms with van der Waals surface area (Å²) in [5, 5.41) is 53.2. The van der Waals surface area contributed by atoms with Gasteiger partial charge in [-0.3, -0.25) is 0 Å². The van der Waals surface area contributed by atoms with Gasteiger partial charge in [-0.05, 0) is 35.4 Å². The topological polar surface area (TPSA) is 110 Å². The molecule has 5 N–H and O–H groups in total. The van der Waals surface area contributed by atoms with Crippen molar-refractivity contribution in [1.82, 2.24) is 0 Å². The van der Waals surface area contributed by atoms with E-state index in [-0.39, 0.29) is 12.8 Å². The van der Waals surface area contributed by atoms with Crippen molar-refractivity contribution < 1.29 is 30.3 Å². The molecule has 3 rings (SSSR count). The zero-order chi connectivity index (χ0) is 20.5. The van der Waals surface area contributed by atoms with Gasteiger partial charge in [0.15, 0.2) is 6.29 Å². The zero-order valence-corrected chi connectivity index (χ0v) is 16.3. The number of hydrogen-bond acceptors (Lipinski definition) is 6. The van der Waals surface area contributed by atoms with Crippen molar-refractivity contribution in [3.8, 4) is 0 Å². The van der Waals surface area contributed by atoms with Gasteiger partial charge in [0.05, 0.1) is 6.10 Å².